The van der Waals surface area contributed by atoms with Crippen LogP contribution in [-0.2, 0) is 15.0 Å². The fourth-order valence-corrected chi connectivity index (χ4v) is 2.53. The third kappa shape index (κ3) is 3.00. The normalized spacial score (nSPS) is 16.1. The summed E-state index contributed by atoms with van der Waals surface area (Å²) in [7, 11) is 0. The van der Waals surface area contributed by atoms with E-state index < -0.39 is 11.4 Å². The van der Waals surface area contributed by atoms with E-state index in [0.29, 0.717) is 0 Å². The van der Waals surface area contributed by atoms with Crippen LogP contribution < -0.4 is 5.32 Å². The van der Waals surface area contributed by atoms with E-state index in [1.54, 1.807) is 38.1 Å². The van der Waals surface area contributed by atoms with E-state index in [9.17, 15) is 14.7 Å². The van der Waals surface area contributed by atoms with E-state index in [0.717, 1.165) is 36.9 Å². The van der Waals surface area contributed by atoms with Gasteiger partial charge in [-0.25, -0.2) is 0 Å². The SMILES string of the molecule is CC(C)(C(=O)O)c1ccc(NC(=O)C2CCCC2)cc1. The van der Waals surface area contributed by atoms with Gasteiger partial charge in [0, 0.05) is 11.6 Å². The van der Waals surface area contributed by atoms with Crippen molar-refractivity contribution < 1.29 is 14.7 Å². The van der Waals surface area contributed by atoms with E-state index in [1.165, 1.54) is 0 Å². The summed E-state index contributed by atoms with van der Waals surface area (Å²) in [5.74, 6) is -0.655. The van der Waals surface area contributed by atoms with Gasteiger partial charge in [-0.15, -0.1) is 0 Å². The molecular formula is C16H21NO3. The van der Waals surface area contributed by atoms with Crippen molar-refractivity contribution in [2.45, 2.75) is 44.9 Å². The molecule has 2 N–H and O–H groups in total. The second-order valence-corrected chi connectivity index (χ2v) is 5.98. The van der Waals surface area contributed by atoms with Crippen LogP contribution in [0.1, 0.15) is 45.1 Å². The van der Waals surface area contributed by atoms with Crippen molar-refractivity contribution in [1.82, 2.24) is 0 Å². The molecule has 1 amide bonds. The van der Waals surface area contributed by atoms with Crippen molar-refractivity contribution in [3.63, 3.8) is 0 Å². The van der Waals surface area contributed by atoms with Gasteiger partial charge < -0.3 is 10.4 Å². The summed E-state index contributed by atoms with van der Waals surface area (Å²) >= 11 is 0. The average molecular weight is 275 g/mol. The number of hydrogen-bond acceptors (Lipinski definition) is 2. The summed E-state index contributed by atoms with van der Waals surface area (Å²) in [5, 5.41) is 12.1. The molecule has 1 aromatic carbocycles. The minimum Gasteiger partial charge on any atom is -0.481 e. The smallest absolute Gasteiger partial charge is 0.313 e. The molecule has 108 valence electrons. The summed E-state index contributed by atoms with van der Waals surface area (Å²) in [6.45, 7) is 3.34. The number of carboxylic acids is 1. The van der Waals surface area contributed by atoms with Crippen LogP contribution in [0.5, 0.6) is 0 Å². The Hall–Kier alpha value is -1.84. The lowest BCUT2D eigenvalue weighted by Gasteiger charge is -2.20. The van der Waals surface area contributed by atoms with Crippen LogP contribution in [0.25, 0.3) is 0 Å². The van der Waals surface area contributed by atoms with E-state index in [1.807, 2.05) is 0 Å². The summed E-state index contributed by atoms with van der Waals surface area (Å²) in [6, 6.07) is 7.07. The zero-order chi connectivity index (χ0) is 14.8. The first-order chi connectivity index (χ1) is 9.41. The standard InChI is InChI=1S/C16H21NO3/c1-16(2,15(19)20)12-7-9-13(10-8-12)17-14(18)11-5-3-4-6-11/h7-11H,3-6H2,1-2H3,(H,17,18)(H,19,20). The third-order valence-corrected chi connectivity index (χ3v) is 4.13. The van der Waals surface area contributed by atoms with Gasteiger partial charge in [-0.2, -0.15) is 0 Å². The first-order valence-electron chi connectivity index (χ1n) is 7.06. The number of carboxylic acid groups (broad SMARTS) is 1. The molecule has 1 aliphatic carbocycles. The molecule has 4 heteroatoms. The lowest BCUT2D eigenvalue weighted by atomic mass is 9.85. The Kier molecular flexibility index (Phi) is 4.12. The summed E-state index contributed by atoms with van der Waals surface area (Å²) in [4.78, 5) is 23.2. The fourth-order valence-electron chi connectivity index (χ4n) is 2.53. The van der Waals surface area contributed by atoms with Crippen molar-refractivity contribution in [3.05, 3.63) is 29.8 Å². The highest BCUT2D eigenvalue weighted by Gasteiger charge is 2.29. The maximum Gasteiger partial charge on any atom is 0.313 e. The van der Waals surface area contributed by atoms with Crippen LogP contribution >= 0.6 is 0 Å². The minimum absolute atomic E-state index is 0.0766. The van der Waals surface area contributed by atoms with Crippen LogP contribution in [0, 0.1) is 5.92 Å². The molecule has 0 heterocycles. The molecule has 1 saturated carbocycles. The lowest BCUT2D eigenvalue weighted by Crippen LogP contribution is -2.28. The number of nitrogens with one attached hydrogen (secondary N) is 1. The van der Waals surface area contributed by atoms with Crippen LogP contribution in [0.2, 0.25) is 0 Å². The van der Waals surface area contributed by atoms with Crippen molar-refractivity contribution in [2.75, 3.05) is 5.32 Å². The highest BCUT2D eigenvalue weighted by Crippen LogP contribution is 2.27. The molecule has 0 bridgehead atoms. The summed E-state index contributed by atoms with van der Waals surface area (Å²) < 4.78 is 0. The van der Waals surface area contributed by atoms with Gasteiger partial charge in [0.25, 0.3) is 0 Å². The molecule has 0 aliphatic heterocycles. The van der Waals surface area contributed by atoms with Gasteiger partial charge in [-0.3, -0.25) is 9.59 Å². The second-order valence-electron chi connectivity index (χ2n) is 5.98. The van der Waals surface area contributed by atoms with Crippen LogP contribution in [0.4, 0.5) is 5.69 Å². The van der Waals surface area contributed by atoms with Gasteiger partial charge in [-0.05, 0) is 44.4 Å². The maximum absolute atomic E-state index is 12.0. The molecule has 0 radical (unpaired) electrons. The van der Waals surface area contributed by atoms with Crippen molar-refractivity contribution in [2.24, 2.45) is 5.92 Å². The van der Waals surface area contributed by atoms with E-state index >= 15 is 0 Å². The van der Waals surface area contributed by atoms with Gasteiger partial charge in [0.05, 0.1) is 5.41 Å². The first-order valence-corrected chi connectivity index (χ1v) is 7.06. The van der Waals surface area contributed by atoms with Gasteiger partial charge in [0.15, 0.2) is 0 Å². The number of hydrogen-bond donors (Lipinski definition) is 2. The highest BCUT2D eigenvalue weighted by atomic mass is 16.4. The summed E-state index contributed by atoms with van der Waals surface area (Å²) in [6.07, 6.45) is 4.19. The molecule has 0 aromatic heterocycles. The zero-order valence-electron chi connectivity index (χ0n) is 12.0. The number of benzene rings is 1. The topological polar surface area (TPSA) is 66.4 Å². The Morgan fingerprint density at radius 3 is 2.20 bits per heavy atom. The van der Waals surface area contributed by atoms with Crippen LogP contribution in [-0.4, -0.2) is 17.0 Å². The van der Waals surface area contributed by atoms with E-state index in [-0.39, 0.29) is 11.8 Å². The molecule has 0 unspecified atom stereocenters. The Balaban J connectivity index is 2.05. The molecule has 1 fully saturated rings. The molecule has 0 saturated heterocycles. The molecule has 4 nitrogen and oxygen atoms in total. The number of aliphatic carboxylic acids is 1. The molecule has 1 aliphatic rings. The quantitative estimate of drug-likeness (QED) is 0.887. The minimum atomic E-state index is -0.923. The number of carbonyl (C=O) groups excluding carboxylic acids is 1. The van der Waals surface area contributed by atoms with Crippen LogP contribution in [0.3, 0.4) is 0 Å². The average Bonchev–Trinajstić information content (AvgIpc) is 2.93. The van der Waals surface area contributed by atoms with Crippen LogP contribution in [0.15, 0.2) is 24.3 Å². The maximum atomic E-state index is 12.0. The van der Waals surface area contributed by atoms with Crippen molar-refractivity contribution in [3.8, 4) is 0 Å². The second kappa shape index (κ2) is 5.65. The van der Waals surface area contributed by atoms with E-state index in [2.05, 4.69) is 5.32 Å². The molecule has 0 atom stereocenters. The first kappa shape index (κ1) is 14.6. The predicted molar refractivity (Wildman–Crippen MR) is 77.7 cm³/mol. The van der Waals surface area contributed by atoms with Gasteiger partial charge in [0.1, 0.15) is 0 Å². The number of carbonyl (C=O) groups is 2. The van der Waals surface area contributed by atoms with Crippen molar-refractivity contribution >= 4 is 17.6 Å². The van der Waals surface area contributed by atoms with E-state index in [4.69, 9.17) is 0 Å². The highest BCUT2D eigenvalue weighted by molar-refractivity contribution is 5.92. The Morgan fingerprint density at radius 2 is 1.70 bits per heavy atom. The van der Waals surface area contributed by atoms with Gasteiger partial charge in [0.2, 0.25) is 5.91 Å². The Bertz CT molecular complexity index is 499. The molecule has 0 spiro atoms. The number of amides is 1. The zero-order valence-corrected chi connectivity index (χ0v) is 12.0. The Morgan fingerprint density at radius 1 is 1.15 bits per heavy atom. The fraction of sp³-hybridized carbons (Fsp3) is 0.500. The predicted octanol–water partition coefficient (Wildman–Crippen LogP) is 3.18. The lowest BCUT2D eigenvalue weighted by molar-refractivity contribution is -0.142. The molecule has 2 rings (SSSR count). The number of rotatable bonds is 4. The summed E-state index contributed by atoms with van der Waals surface area (Å²) in [5.41, 5.74) is 0.532. The monoisotopic (exact) mass is 275 g/mol. The molecular weight excluding hydrogens is 254 g/mol. The molecule has 1 aromatic rings. The molecule has 20 heavy (non-hydrogen) atoms. The van der Waals surface area contributed by atoms with Crippen molar-refractivity contribution in [1.29, 1.82) is 0 Å². The third-order valence-electron chi connectivity index (χ3n) is 4.13. The Labute approximate surface area is 119 Å². The van der Waals surface area contributed by atoms with Gasteiger partial charge in [-0.1, -0.05) is 25.0 Å². The van der Waals surface area contributed by atoms with Gasteiger partial charge >= 0.3 is 5.97 Å². The number of anilines is 1. The largest absolute Gasteiger partial charge is 0.481 e.